The van der Waals surface area contributed by atoms with Crippen LogP contribution in [0.25, 0.3) is 11.1 Å². The van der Waals surface area contributed by atoms with Crippen LogP contribution in [0.4, 0.5) is 5.82 Å². The van der Waals surface area contributed by atoms with E-state index < -0.39 is 0 Å². The molecule has 4 heteroatoms. The van der Waals surface area contributed by atoms with E-state index in [4.69, 9.17) is 5.26 Å². The number of hydrogen-bond donors (Lipinski definition) is 1. The Bertz CT molecular complexity index is 617. The summed E-state index contributed by atoms with van der Waals surface area (Å²) in [7, 11) is 0. The molecule has 2 heterocycles. The molecule has 82 valence electrons. The van der Waals surface area contributed by atoms with Gasteiger partial charge in [-0.25, -0.2) is 4.68 Å². The molecule has 4 nitrogen and oxygen atoms in total. The smallest absolute Gasteiger partial charge is 0.172 e. The van der Waals surface area contributed by atoms with Gasteiger partial charge in [-0.05, 0) is 11.6 Å². The van der Waals surface area contributed by atoms with Gasteiger partial charge in [-0.15, -0.1) is 0 Å². The molecule has 1 aliphatic heterocycles. The molecular formula is C13H10N4. The first-order valence-corrected chi connectivity index (χ1v) is 5.38. The lowest BCUT2D eigenvalue weighted by Crippen LogP contribution is -2.08. The second-order valence-electron chi connectivity index (χ2n) is 3.78. The molecule has 0 spiro atoms. The van der Waals surface area contributed by atoms with Crippen molar-refractivity contribution in [3.8, 4) is 17.2 Å². The minimum absolute atomic E-state index is 0.461. The molecule has 0 saturated carbocycles. The average Bonchev–Trinajstić information content (AvgIpc) is 2.78. The number of hydrogen-bond acceptors (Lipinski definition) is 3. The van der Waals surface area contributed by atoms with E-state index in [1.54, 1.807) is 4.68 Å². The van der Waals surface area contributed by atoms with Crippen molar-refractivity contribution in [1.82, 2.24) is 9.78 Å². The zero-order valence-corrected chi connectivity index (χ0v) is 9.09. The molecule has 0 amide bonds. The van der Waals surface area contributed by atoms with Crippen LogP contribution in [0.2, 0.25) is 0 Å². The maximum atomic E-state index is 9.15. The largest absolute Gasteiger partial charge is 0.347 e. The molecular weight excluding hydrogens is 212 g/mol. The minimum atomic E-state index is 0.461. The lowest BCUT2D eigenvalue weighted by molar-refractivity contribution is 0.697. The molecule has 1 N–H and O–H groups in total. The van der Waals surface area contributed by atoms with Gasteiger partial charge in [-0.2, -0.15) is 10.4 Å². The highest BCUT2D eigenvalue weighted by Gasteiger charge is 2.19. The van der Waals surface area contributed by atoms with Crippen molar-refractivity contribution in [1.29, 1.82) is 5.26 Å². The van der Waals surface area contributed by atoms with Crippen LogP contribution in [0.1, 0.15) is 5.69 Å². The molecule has 0 fully saturated rings. The summed E-state index contributed by atoms with van der Waals surface area (Å²) in [6.07, 6.45) is 3.85. The van der Waals surface area contributed by atoms with E-state index in [2.05, 4.69) is 16.5 Å². The summed E-state index contributed by atoms with van der Waals surface area (Å²) in [5.41, 5.74) is 2.34. The van der Waals surface area contributed by atoms with Gasteiger partial charge in [0.25, 0.3) is 0 Å². The maximum absolute atomic E-state index is 9.15. The number of nitriles is 1. The van der Waals surface area contributed by atoms with E-state index in [9.17, 15) is 0 Å². The summed E-state index contributed by atoms with van der Waals surface area (Å²) in [6, 6.07) is 12.0. The lowest BCUT2D eigenvalue weighted by atomic mass is 10.1. The van der Waals surface area contributed by atoms with Crippen molar-refractivity contribution in [2.75, 3.05) is 5.32 Å². The highest BCUT2D eigenvalue weighted by molar-refractivity contribution is 5.80. The summed E-state index contributed by atoms with van der Waals surface area (Å²) in [4.78, 5) is 0. The molecule has 1 aliphatic rings. The molecule has 1 aromatic heterocycles. The Hall–Kier alpha value is -2.54. The number of nitrogens with one attached hydrogen (secondary N) is 1. The number of aromatic nitrogens is 2. The monoisotopic (exact) mass is 222 g/mol. The van der Waals surface area contributed by atoms with Gasteiger partial charge in [0.2, 0.25) is 0 Å². The van der Waals surface area contributed by atoms with Crippen molar-refractivity contribution < 1.29 is 0 Å². The predicted octanol–water partition coefficient (Wildman–Crippen LogP) is 2.36. The minimum Gasteiger partial charge on any atom is -0.347 e. The Kier molecular flexibility index (Phi) is 2.16. The maximum Gasteiger partial charge on any atom is 0.172 e. The molecule has 0 radical (unpaired) electrons. The van der Waals surface area contributed by atoms with Crippen molar-refractivity contribution in [2.45, 2.75) is 6.54 Å². The van der Waals surface area contributed by atoms with Crippen molar-refractivity contribution in [3.63, 3.8) is 0 Å². The van der Waals surface area contributed by atoms with Crippen LogP contribution < -0.4 is 5.32 Å². The van der Waals surface area contributed by atoms with E-state index in [1.807, 2.05) is 42.6 Å². The Morgan fingerprint density at radius 2 is 2.12 bits per heavy atom. The second-order valence-corrected chi connectivity index (χ2v) is 3.78. The number of anilines is 1. The molecule has 0 unspecified atom stereocenters. The second kappa shape index (κ2) is 3.80. The normalized spacial score (nSPS) is 12.6. The third kappa shape index (κ3) is 1.49. The van der Waals surface area contributed by atoms with Crippen molar-refractivity contribution >= 4 is 5.82 Å². The fraction of sp³-hybridized carbons (Fsp3) is 0.0769. The van der Waals surface area contributed by atoms with Gasteiger partial charge < -0.3 is 5.32 Å². The fourth-order valence-electron chi connectivity index (χ4n) is 1.99. The van der Waals surface area contributed by atoms with Crippen LogP contribution in [0.15, 0.2) is 42.6 Å². The van der Waals surface area contributed by atoms with Crippen molar-refractivity contribution in [3.05, 3.63) is 48.3 Å². The molecule has 17 heavy (non-hydrogen) atoms. The van der Waals surface area contributed by atoms with Gasteiger partial charge in [0.15, 0.2) is 5.69 Å². The van der Waals surface area contributed by atoms with Crippen molar-refractivity contribution in [2.24, 2.45) is 0 Å². The first-order valence-electron chi connectivity index (χ1n) is 5.38. The van der Waals surface area contributed by atoms with Gasteiger partial charge in [-0.1, -0.05) is 30.3 Å². The van der Waals surface area contributed by atoms with Crippen LogP contribution in [0, 0.1) is 11.3 Å². The highest BCUT2D eigenvalue weighted by Crippen LogP contribution is 2.32. The first kappa shape index (κ1) is 9.67. The molecule has 3 rings (SSSR count). The molecule has 0 aliphatic carbocycles. The van der Waals surface area contributed by atoms with Crippen LogP contribution in [0.3, 0.4) is 0 Å². The van der Waals surface area contributed by atoms with Gasteiger partial charge in [-0.3, -0.25) is 0 Å². The van der Waals surface area contributed by atoms with Gasteiger partial charge in [0.05, 0.1) is 12.1 Å². The van der Waals surface area contributed by atoms with E-state index in [1.165, 1.54) is 0 Å². The highest BCUT2D eigenvalue weighted by atomic mass is 15.3. The Morgan fingerprint density at radius 1 is 1.29 bits per heavy atom. The Morgan fingerprint density at radius 3 is 2.88 bits per heavy atom. The van der Waals surface area contributed by atoms with Crippen LogP contribution in [-0.4, -0.2) is 9.78 Å². The zero-order valence-electron chi connectivity index (χ0n) is 9.09. The molecule has 0 bridgehead atoms. The third-order valence-corrected chi connectivity index (χ3v) is 2.74. The molecule has 0 saturated heterocycles. The predicted molar refractivity (Wildman–Crippen MR) is 65.1 cm³/mol. The SMILES string of the molecule is N#Cc1nn2c(c1-c1ccccc1)NC=CC2. The number of benzene rings is 1. The van der Waals surface area contributed by atoms with Crippen LogP contribution in [0.5, 0.6) is 0 Å². The number of allylic oxidation sites excluding steroid dienone is 1. The fourth-order valence-corrected chi connectivity index (χ4v) is 1.99. The molecule has 1 aromatic carbocycles. The topological polar surface area (TPSA) is 53.6 Å². The van der Waals surface area contributed by atoms with Gasteiger partial charge >= 0.3 is 0 Å². The molecule has 2 aromatic rings. The lowest BCUT2D eigenvalue weighted by Gasteiger charge is -2.11. The summed E-state index contributed by atoms with van der Waals surface area (Å²) in [5, 5.41) is 16.6. The average molecular weight is 222 g/mol. The van der Waals surface area contributed by atoms with E-state index in [-0.39, 0.29) is 0 Å². The Labute approximate surface area is 98.8 Å². The van der Waals surface area contributed by atoms with E-state index in [0.29, 0.717) is 12.2 Å². The summed E-state index contributed by atoms with van der Waals surface area (Å²) >= 11 is 0. The van der Waals surface area contributed by atoms with E-state index >= 15 is 0 Å². The quantitative estimate of drug-likeness (QED) is 0.805. The van der Waals surface area contributed by atoms with E-state index in [0.717, 1.165) is 16.9 Å². The molecule has 0 atom stereocenters. The third-order valence-electron chi connectivity index (χ3n) is 2.74. The van der Waals surface area contributed by atoms with Gasteiger partial charge in [0, 0.05) is 6.20 Å². The standard InChI is InChI=1S/C13H10N4/c14-9-11-12(10-5-2-1-3-6-10)13-15-7-4-8-17(13)16-11/h1-7,15H,8H2. The number of fused-ring (bicyclic) bond motifs is 1. The van der Waals surface area contributed by atoms with Gasteiger partial charge in [0.1, 0.15) is 11.9 Å². The summed E-state index contributed by atoms with van der Waals surface area (Å²) in [6.45, 7) is 0.698. The Balaban J connectivity index is 2.23. The summed E-state index contributed by atoms with van der Waals surface area (Å²) < 4.78 is 1.81. The number of rotatable bonds is 1. The first-order chi connectivity index (χ1) is 8.40. The van der Waals surface area contributed by atoms with Crippen LogP contribution >= 0.6 is 0 Å². The zero-order chi connectivity index (χ0) is 11.7. The summed E-state index contributed by atoms with van der Waals surface area (Å²) in [5.74, 6) is 0.884. The number of nitrogens with zero attached hydrogens (tertiary/aromatic N) is 3. The van der Waals surface area contributed by atoms with Crippen LogP contribution in [-0.2, 0) is 6.54 Å².